The fourth-order valence-corrected chi connectivity index (χ4v) is 11.6. The van der Waals surface area contributed by atoms with E-state index in [1.54, 1.807) is 0 Å². The minimum absolute atomic E-state index is 0.372. The Bertz CT molecular complexity index is 483. The molecule has 1 aromatic rings. The highest BCUT2D eigenvalue weighted by Crippen LogP contribution is 2.51. The lowest BCUT2D eigenvalue weighted by molar-refractivity contribution is 0.271. The van der Waals surface area contributed by atoms with Crippen LogP contribution in [-0.2, 0) is 10.8 Å². The van der Waals surface area contributed by atoms with Gasteiger partial charge in [-0.1, -0.05) is 76.3 Å². The van der Waals surface area contributed by atoms with Crippen molar-refractivity contribution >= 4 is 8.32 Å². The van der Waals surface area contributed by atoms with E-state index in [4.69, 9.17) is 4.43 Å². The molecule has 0 aromatic heterocycles. The Hall–Kier alpha value is -0.803. The predicted molar refractivity (Wildman–Crippen MR) is 108 cm³/mol. The second kappa shape index (κ2) is 9.23. The van der Waals surface area contributed by atoms with Gasteiger partial charge in [0, 0.05) is 6.61 Å². The molecule has 3 rings (SSSR count). The van der Waals surface area contributed by atoms with Crippen LogP contribution in [0.2, 0.25) is 17.1 Å². The average molecular weight is 361 g/mol. The van der Waals surface area contributed by atoms with Crippen LogP contribution >= 0.6 is 0 Å². The number of aromatic hydroxyl groups is 1. The molecule has 0 unspecified atom stereocenters. The lowest BCUT2D eigenvalue weighted by Crippen LogP contribution is -2.49. The molecule has 2 nitrogen and oxygen atoms in total. The molecule has 3 heteroatoms. The first-order valence-electron chi connectivity index (χ1n) is 10.7. The van der Waals surface area contributed by atoms with Crippen LogP contribution in [0, 0.1) is 0 Å². The second-order valence-corrected chi connectivity index (χ2v) is 12.6. The quantitative estimate of drug-likeness (QED) is 0.556. The van der Waals surface area contributed by atoms with Gasteiger partial charge in [-0.05, 0) is 48.2 Å². The highest BCUT2D eigenvalue weighted by Gasteiger charge is 2.49. The van der Waals surface area contributed by atoms with Crippen LogP contribution in [0.4, 0.5) is 0 Å². The molecule has 0 heterocycles. The van der Waals surface area contributed by atoms with Crippen LogP contribution in [0.5, 0.6) is 5.75 Å². The van der Waals surface area contributed by atoms with E-state index in [-0.39, 0.29) is 0 Å². The number of hydrogen-bond acceptors (Lipinski definition) is 2. The summed E-state index contributed by atoms with van der Waals surface area (Å²) in [5, 5.41) is 9.56. The highest BCUT2D eigenvalue weighted by molar-refractivity contribution is 6.76. The first-order chi connectivity index (χ1) is 12.2. The smallest absolute Gasteiger partial charge is 0.199 e. The molecule has 1 N–H and O–H groups in total. The molecule has 0 aliphatic heterocycles. The van der Waals surface area contributed by atoms with Crippen LogP contribution in [0.25, 0.3) is 0 Å². The number of hydrogen-bond donors (Lipinski definition) is 1. The Balaban J connectivity index is 1.80. The molecule has 0 saturated heterocycles. The topological polar surface area (TPSA) is 29.5 Å². The number of rotatable bonds is 7. The van der Waals surface area contributed by atoms with E-state index in [9.17, 15) is 5.11 Å². The van der Waals surface area contributed by atoms with E-state index in [1.165, 1.54) is 75.8 Å². The van der Waals surface area contributed by atoms with Crippen LogP contribution in [0.1, 0.15) is 76.7 Å². The standard InChI is InChI=1S/C22H36O2Si/c1-2-24-25(21-9-5-3-6-10-21,22-11-7-4-8-12-22)18-17-19-13-15-20(23)16-14-19/h13-16,21-23H,2-12,17-18H2,1H3. The molecule has 140 valence electrons. The molecule has 2 aliphatic carbocycles. The van der Waals surface area contributed by atoms with Gasteiger partial charge in [0.05, 0.1) is 0 Å². The zero-order valence-corrected chi connectivity index (χ0v) is 17.0. The molecule has 2 fully saturated rings. The van der Waals surface area contributed by atoms with E-state index in [0.29, 0.717) is 5.75 Å². The van der Waals surface area contributed by atoms with Crippen molar-refractivity contribution in [3.63, 3.8) is 0 Å². The van der Waals surface area contributed by atoms with Crippen molar-refractivity contribution in [1.29, 1.82) is 0 Å². The van der Waals surface area contributed by atoms with Gasteiger partial charge < -0.3 is 9.53 Å². The number of phenols is 1. The van der Waals surface area contributed by atoms with Crippen molar-refractivity contribution in [1.82, 2.24) is 0 Å². The molecular weight excluding hydrogens is 324 g/mol. The van der Waals surface area contributed by atoms with Gasteiger partial charge in [-0.3, -0.25) is 0 Å². The number of benzene rings is 1. The summed E-state index contributed by atoms with van der Waals surface area (Å²) < 4.78 is 6.84. The molecule has 25 heavy (non-hydrogen) atoms. The van der Waals surface area contributed by atoms with Gasteiger partial charge in [0.1, 0.15) is 5.75 Å². The Labute approximate surface area is 155 Å². The molecule has 0 atom stereocenters. The Morgan fingerprint density at radius 1 is 0.880 bits per heavy atom. The van der Waals surface area contributed by atoms with Gasteiger partial charge >= 0.3 is 0 Å². The Kier molecular flexibility index (Phi) is 7.00. The Morgan fingerprint density at radius 2 is 1.40 bits per heavy atom. The number of aryl methyl sites for hydroxylation is 1. The number of phenolic OH excluding ortho intramolecular Hbond substituents is 1. The molecule has 2 saturated carbocycles. The Morgan fingerprint density at radius 3 is 1.88 bits per heavy atom. The summed E-state index contributed by atoms with van der Waals surface area (Å²) in [5.74, 6) is 0.372. The van der Waals surface area contributed by atoms with Crippen molar-refractivity contribution in [2.24, 2.45) is 0 Å². The van der Waals surface area contributed by atoms with Gasteiger partial charge in [0.25, 0.3) is 0 Å². The largest absolute Gasteiger partial charge is 0.508 e. The van der Waals surface area contributed by atoms with E-state index >= 15 is 0 Å². The first-order valence-corrected chi connectivity index (χ1v) is 12.9. The van der Waals surface area contributed by atoms with Gasteiger partial charge in [-0.25, -0.2) is 0 Å². The monoisotopic (exact) mass is 360 g/mol. The molecule has 0 bridgehead atoms. The second-order valence-electron chi connectivity index (χ2n) is 8.22. The van der Waals surface area contributed by atoms with Gasteiger partial charge in [-0.2, -0.15) is 0 Å². The van der Waals surface area contributed by atoms with Crippen molar-refractivity contribution in [3.8, 4) is 5.75 Å². The van der Waals surface area contributed by atoms with Crippen LogP contribution in [0.15, 0.2) is 24.3 Å². The summed E-state index contributed by atoms with van der Waals surface area (Å²) in [5.41, 5.74) is 3.11. The third-order valence-electron chi connectivity index (χ3n) is 6.75. The van der Waals surface area contributed by atoms with Crippen LogP contribution in [-0.4, -0.2) is 20.0 Å². The first kappa shape index (κ1) is 19.0. The molecule has 0 amide bonds. The van der Waals surface area contributed by atoms with E-state index in [0.717, 1.165) is 24.1 Å². The maximum Gasteiger partial charge on any atom is 0.199 e. The lowest BCUT2D eigenvalue weighted by Gasteiger charge is -2.47. The van der Waals surface area contributed by atoms with Crippen LogP contribution < -0.4 is 0 Å². The molecule has 1 aromatic carbocycles. The SMILES string of the molecule is CCO[Si](CCc1ccc(O)cc1)(C1CCCCC1)C1CCCCC1. The maximum absolute atomic E-state index is 9.56. The van der Waals surface area contributed by atoms with Crippen molar-refractivity contribution in [2.75, 3.05) is 6.61 Å². The van der Waals surface area contributed by atoms with Crippen molar-refractivity contribution in [2.45, 2.75) is 94.7 Å². The molecule has 0 spiro atoms. The molecule has 2 aliphatic rings. The third-order valence-corrected chi connectivity index (χ3v) is 12.5. The van der Waals surface area contributed by atoms with E-state index in [1.807, 2.05) is 12.1 Å². The third kappa shape index (κ3) is 4.68. The van der Waals surface area contributed by atoms with Gasteiger partial charge in [0.2, 0.25) is 0 Å². The fourth-order valence-electron chi connectivity index (χ4n) is 5.50. The van der Waals surface area contributed by atoms with E-state index < -0.39 is 8.32 Å². The maximum atomic E-state index is 9.56. The lowest BCUT2D eigenvalue weighted by atomic mass is 9.99. The summed E-state index contributed by atoms with van der Waals surface area (Å²) in [6.45, 7) is 3.11. The normalized spacial score (nSPS) is 20.7. The average Bonchev–Trinajstić information content (AvgIpc) is 2.68. The minimum atomic E-state index is -1.75. The fraction of sp³-hybridized carbons (Fsp3) is 0.727. The molecular formula is C22H36O2Si. The predicted octanol–water partition coefficient (Wildman–Crippen LogP) is 6.59. The summed E-state index contributed by atoms with van der Waals surface area (Å²) >= 11 is 0. The van der Waals surface area contributed by atoms with Gasteiger partial charge in [-0.15, -0.1) is 0 Å². The van der Waals surface area contributed by atoms with Crippen molar-refractivity contribution in [3.05, 3.63) is 29.8 Å². The van der Waals surface area contributed by atoms with Crippen LogP contribution in [0.3, 0.4) is 0 Å². The zero-order valence-electron chi connectivity index (χ0n) is 16.0. The minimum Gasteiger partial charge on any atom is -0.508 e. The summed E-state index contributed by atoms with van der Waals surface area (Å²) in [7, 11) is -1.75. The summed E-state index contributed by atoms with van der Waals surface area (Å²) in [4.78, 5) is 0. The highest BCUT2D eigenvalue weighted by atomic mass is 28.4. The zero-order chi connectivity index (χ0) is 17.5. The van der Waals surface area contributed by atoms with Gasteiger partial charge in [0.15, 0.2) is 8.32 Å². The van der Waals surface area contributed by atoms with Crippen molar-refractivity contribution < 1.29 is 9.53 Å². The summed E-state index contributed by atoms with van der Waals surface area (Å²) in [6, 6.07) is 9.15. The van der Waals surface area contributed by atoms with E-state index in [2.05, 4.69) is 19.1 Å². The molecule has 0 radical (unpaired) electrons. The summed E-state index contributed by atoms with van der Waals surface area (Å²) in [6.07, 6.45) is 15.3.